The van der Waals surface area contributed by atoms with Crippen molar-refractivity contribution in [3.63, 3.8) is 0 Å². The average molecular weight is 1300 g/mol. The summed E-state index contributed by atoms with van der Waals surface area (Å²) < 4.78 is 5.84. The maximum atomic E-state index is 15.3. The fourth-order valence-corrected chi connectivity index (χ4v) is 15.8. The molecule has 4 aliphatic heterocycles. The molecule has 6 aliphatic rings. The maximum absolute atomic E-state index is 15.3. The molecule has 14 unspecified atom stereocenters. The Morgan fingerprint density at radius 3 is 1.89 bits per heavy atom. The van der Waals surface area contributed by atoms with Crippen LogP contribution >= 0.6 is 11.8 Å². The van der Waals surface area contributed by atoms with E-state index in [1.165, 1.54) is 21.6 Å². The highest BCUT2D eigenvalue weighted by molar-refractivity contribution is 8.00. The lowest BCUT2D eigenvalue weighted by Crippen LogP contribution is -2.67. The molecule has 4 saturated heterocycles. The summed E-state index contributed by atoms with van der Waals surface area (Å²) in [5.41, 5.74) is -4.61. The first-order valence-electron chi connectivity index (χ1n) is 30.8. The number of hydrogen-bond acceptors (Lipinski definition) is 16. The number of amides is 8. The lowest BCUT2D eigenvalue weighted by atomic mass is 9.71. The molecule has 6 fully saturated rings. The van der Waals surface area contributed by atoms with Crippen LogP contribution in [0.2, 0.25) is 0 Å². The monoisotopic (exact) mass is 1300 g/mol. The first kappa shape index (κ1) is 70.9. The molecule has 8 amide bonds. The molecule has 13 N–H and O–H groups in total. The molecule has 502 valence electrons. The van der Waals surface area contributed by atoms with Gasteiger partial charge in [0, 0.05) is 73.2 Å². The number of epoxide rings is 1. The number of hydrogen-bond donors (Lipinski definition) is 13. The summed E-state index contributed by atoms with van der Waals surface area (Å²) in [5, 5.41) is 78.2. The summed E-state index contributed by atoms with van der Waals surface area (Å²) in [6.07, 6.45) is -0.389. The van der Waals surface area contributed by atoms with Crippen LogP contribution < -0.4 is 37.2 Å². The molecule has 91 heavy (non-hydrogen) atoms. The summed E-state index contributed by atoms with van der Waals surface area (Å²) in [5.74, 6) is -13.1. The van der Waals surface area contributed by atoms with E-state index >= 15 is 9.59 Å². The number of fused-ring (bicyclic) bond motifs is 2. The third kappa shape index (κ3) is 16.4. The molecule has 0 radical (unpaired) electrons. The van der Waals surface area contributed by atoms with E-state index in [9.17, 15) is 78.3 Å². The van der Waals surface area contributed by atoms with E-state index in [1.54, 1.807) is 51.1 Å². The van der Waals surface area contributed by atoms with Gasteiger partial charge in [0.1, 0.15) is 53.5 Å². The zero-order valence-corrected chi connectivity index (χ0v) is 53.2. The number of nitrogens with zero attached hydrogens (tertiary/aromatic N) is 2. The van der Waals surface area contributed by atoms with E-state index in [4.69, 9.17) is 9.84 Å². The Labute approximate surface area is 530 Å². The van der Waals surface area contributed by atoms with Crippen molar-refractivity contribution in [2.24, 2.45) is 11.3 Å². The Morgan fingerprint density at radius 1 is 0.725 bits per heavy atom. The van der Waals surface area contributed by atoms with Crippen LogP contribution in [0.4, 0.5) is 4.79 Å². The van der Waals surface area contributed by atoms with E-state index in [2.05, 4.69) is 31.9 Å². The first-order valence-corrected chi connectivity index (χ1v) is 31.8. The molecule has 1 aromatic rings. The van der Waals surface area contributed by atoms with E-state index < -0.39 is 202 Å². The number of carbonyl (C=O) groups excluding carboxylic acids is 7. The summed E-state index contributed by atoms with van der Waals surface area (Å²) >= 11 is 1.43. The highest BCUT2D eigenvalue weighted by Crippen LogP contribution is 2.81. The van der Waals surface area contributed by atoms with Crippen LogP contribution in [0.1, 0.15) is 157 Å². The van der Waals surface area contributed by atoms with Gasteiger partial charge in [0.2, 0.25) is 35.4 Å². The number of thioether (sulfide) groups is 1. The van der Waals surface area contributed by atoms with Gasteiger partial charge in [0.05, 0.1) is 12.0 Å². The minimum absolute atomic E-state index is 0.000936. The Kier molecular flexibility index (Phi) is 21.6. The van der Waals surface area contributed by atoms with Gasteiger partial charge in [-0.25, -0.2) is 24.0 Å². The van der Waals surface area contributed by atoms with E-state index in [1.807, 2.05) is 33.0 Å². The third-order valence-electron chi connectivity index (χ3n) is 19.6. The molecular formula is C61H87N9O20S. The van der Waals surface area contributed by atoms with Crippen molar-refractivity contribution in [1.29, 1.82) is 0 Å². The number of carbonyl (C=O) groups is 13. The molecule has 7 rings (SSSR count). The average Bonchev–Trinajstić information content (AvgIpc) is 1.43. The van der Waals surface area contributed by atoms with Crippen molar-refractivity contribution in [1.82, 2.24) is 47.0 Å². The summed E-state index contributed by atoms with van der Waals surface area (Å²) in [7, 11) is 0. The standard InChI is InChI=1S/C61H87N9O20S/c1-8-56(5,68-43(72)18-15-36(51(83)84)65-54(89)66-37(52(85)86)16-19-45(74)75)21-20-55(3,4)26-44(73)63-38(24-34-12-10-9-11-13-34)47(78)64-35(50(81)82)14-17-42(71)62-27-39-48(79)69-28-33(2)59(67-39)22-23-60-32-61(60,90-60)58(7)30-57(6,31-59)91-29-41(53(87)88)70(58)49(80)40(69)25-46(76)77/h9-13,33,35-41,67H,8,14-32H2,1-7H3,(H,62,71)(H,63,73)(H,64,78)(H,68,72)(H,74,75)(H,76,77)(H,81,82)(H,83,84)(H,85,86)(H,87,88)(H2,65,66,89). The Bertz CT molecular complexity index is 3040. The molecule has 30 heteroatoms. The minimum atomic E-state index is -1.65. The molecule has 2 aliphatic carbocycles. The zero-order valence-electron chi connectivity index (χ0n) is 52.3. The van der Waals surface area contributed by atoms with Gasteiger partial charge < -0.3 is 77.1 Å². The number of carboxylic acid groups (broad SMARTS) is 6. The molecule has 29 nitrogen and oxygen atoms in total. The minimum Gasteiger partial charge on any atom is -0.481 e. The lowest BCUT2D eigenvalue weighted by Gasteiger charge is -2.49. The van der Waals surface area contributed by atoms with E-state index in [0.717, 1.165) is 0 Å². The van der Waals surface area contributed by atoms with Crippen LogP contribution in [0.5, 0.6) is 0 Å². The number of ether oxygens (including phenoxy) is 1. The van der Waals surface area contributed by atoms with Crippen LogP contribution in [0.15, 0.2) is 30.3 Å². The van der Waals surface area contributed by atoms with Crippen molar-refractivity contribution < 1.29 is 97.7 Å². The molecule has 0 aromatic heterocycles. The smallest absolute Gasteiger partial charge is 0.327 e. The number of carboxylic acids is 6. The third-order valence-corrected chi connectivity index (χ3v) is 21.1. The van der Waals surface area contributed by atoms with Crippen LogP contribution in [0, 0.1) is 11.3 Å². The van der Waals surface area contributed by atoms with Crippen LogP contribution in [0.25, 0.3) is 0 Å². The predicted octanol–water partition coefficient (Wildman–Crippen LogP) is 1.58. The fraction of sp³-hybridized carbons (Fsp3) is 0.689. The summed E-state index contributed by atoms with van der Waals surface area (Å²) in [4.78, 5) is 174. The van der Waals surface area contributed by atoms with Gasteiger partial charge in [0.15, 0.2) is 0 Å². The van der Waals surface area contributed by atoms with Gasteiger partial charge in [-0.3, -0.25) is 43.7 Å². The highest BCUT2D eigenvalue weighted by Gasteiger charge is 2.94. The van der Waals surface area contributed by atoms with Gasteiger partial charge in [0.25, 0.3) is 0 Å². The molecule has 4 heterocycles. The molecule has 14 atom stereocenters. The first-order chi connectivity index (χ1) is 42.4. The Morgan fingerprint density at radius 2 is 1.32 bits per heavy atom. The number of rotatable bonds is 31. The van der Waals surface area contributed by atoms with Gasteiger partial charge in [-0.1, -0.05) is 65.0 Å². The van der Waals surface area contributed by atoms with E-state index in [-0.39, 0.29) is 38.1 Å². The van der Waals surface area contributed by atoms with Crippen LogP contribution in [-0.4, -0.2) is 211 Å². The number of urea groups is 1. The van der Waals surface area contributed by atoms with Crippen molar-refractivity contribution in [2.45, 2.75) is 232 Å². The quantitative estimate of drug-likeness (QED) is 0.0469. The molecular weight excluding hydrogens is 1210 g/mol. The molecule has 1 aromatic carbocycles. The molecule has 1 spiro atoms. The number of nitrogens with one attached hydrogen (secondary N) is 7. The second-order valence-electron chi connectivity index (χ2n) is 27.1. The second kappa shape index (κ2) is 27.7. The largest absolute Gasteiger partial charge is 0.481 e. The summed E-state index contributed by atoms with van der Waals surface area (Å²) in [6, 6.07) is -3.01. The van der Waals surface area contributed by atoms with Crippen molar-refractivity contribution in [2.75, 3.05) is 18.8 Å². The molecule has 5 bridgehead atoms. The number of aliphatic carboxylic acids is 6. The van der Waals surface area contributed by atoms with Crippen LogP contribution in [0.3, 0.4) is 0 Å². The Hall–Kier alpha value is -7.60. The lowest BCUT2D eigenvalue weighted by molar-refractivity contribution is -0.165. The van der Waals surface area contributed by atoms with Gasteiger partial charge in [-0.15, -0.1) is 0 Å². The van der Waals surface area contributed by atoms with Gasteiger partial charge >= 0.3 is 41.8 Å². The van der Waals surface area contributed by atoms with Crippen LogP contribution in [-0.2, 0) is 68.7 Å². The maximum Gasteiger partial charge on any atom is 0.327 e. The predicted molar refractivity (Wildman–Crippen MR) is 323 cm³/mol. The van der Waals surface area contributed by atoms with E-state index in [0.29, 0.717) is 56.9 Å². The number of benzene rings is 1. The van der Waals surface area contributed by atoms with Gasteiger partial charge in [-0.2, -0.15) is 11.8 Å². The normalized spacial score (nSPS) is 29.2. The Balaban J connectivity index is 0.979. The van der Waals surface area contributed by atoms with Crippen molar-refractivity contribution in [3.8, 4) is 0 Å². The highest BCUT2D eigenvalue weighted by atomic mass is 32.2. The molecule has 2 saturated carbocycles. The SMILES string of the molecule is CCC(C)(CCC(C)(C)CC(=O)NC(Cc1ccccc1)C(=O)NC(CCC(=O)NCC1NC23CCC45CC4(O5)C4(C)CC(C)(C2)SCC(C(=O)O)N4C(=O)C(CC(=O)O)N(CC3C)C1=O)C(=O)O)NC(=O)CCC(NC(=O)NC(CCC(=O)O)C(=O)O)C(=O)O. The second-order valence-corrected chi connectivity index (χ2v) is 28.7. The summed E-state index contributed by atoms with van der Waals surface area (Å²) in [6.45, 7) is 12.5. The fourth-order valence-electron chi connectivity index (χ4n) is 14.2. The van der Waals surface area contributed by atoms with Crippen molar-refractivity contribution in [3.05, 3.63) is 35.9 Å². The zero-order chi connectivity index (χ0) is 67.4. The van der Waals surface area contributed by atoms with Crippen molar-refractivity contribution >= 4 is 89.1 Å². The van der Waals surface area contributed by atoms with Gasteiger partial charge in [-0.05, 0) is 95.0 Å². The topological polar surface area (TPSA) is 447 Å².